The van der Waals surface area contributed by atoms with Gasteiger partial charge in [-0.2, -0.15) is 0 Å². The number of hydrogen-bond donors (Lipinski definition) is 1. The number of aromatic nitrogens is 2. The number of carbonyl (C=O) groups is 1. The molecule has 6 rings (SSSR count). The molecule has 3 heterocycles. The zero-order chi connectivity index (χ0) is 23.1. The predicted octanol–water partition coefficient (Wildman–Crippen LogP) is 5.48. The van der Waals surface area contributed by atoms with Gasteiger partial charge in [0, 0.05) is 53.7 Å². The second-order valence-corrected chi connectivity index (χ2v) is 8.57. The number of pyridine rings is 1. The minimum atomic E-state index is -0.245. The largest absolute Gasteiger partial charge is 0.368 e. The van der Waals surface area contributed by atoms with Crippen LogP contribution in [0.4, 0.5) is 10.1 Å². The SMILES string of the molecule is O=C(c1cc2c([nH]c3ccccc32)c(-c2ccccc2)n1)N1CCN(c2ccc(F)cc2)CC1. The number of nitrogens with zero attached hydrogens (tertiary/aromatic N) is 3. The van der Waals surface area contributed by atoms with Crippen molar-refractivity contribution in [3.8, 4) is 11.3 Å². The van der Waals surface area contributed by atoms with Crippen LogP contribution in [0.5, 0.6) is 0 Å². The van der Waals surface area contributed by atoms with Crippen molar-refractivity contribution in [3.63, 3.8) is 0 Å². The third-order valence-electron chi connectivity index (χ3n) is 6.52. The smallest absolute Gasteiger partial charge is 0.272 e. The fraction of sp³-hybridized carbons (Fsp3) is 0.143. The second-order valence-electron chi connectivity index (χ2n) is 8.57. The van der Waals surface area contributed by atoms with Gasteiger partial charge in [0.1, 0.15) is 11.5 Å². The van der Waals surface area contributed by atoms with Crippen molar-refractivity contribution in [2.75, 3.05) is 31.1 Å². The highest BCUT2D eigenvalue weighted by Crippen LogP contribution is 2.33. The minimum absolute atomic E-state index is 0.0666. The Balaban J connectivity index is 1.35. The Kier molecular flexibility index (Phi) is 4.99. The Hall–Kier alpha value is -4.19. The van der Waals surface area contributed by atoms with Crippen molar-refractivity contribution in [2.24, 2.45) is 0 Å². The molecule has 0 atom stereocenters. The Morgan fingerprint density at radius 1 is 0.824 bits per heavy atom. The lowest BCUT2D eigenvalue weighted by molar-refractivity contribution is 0.0741. The molecule has 34 heavy (non-hydrogen) atoms. The molecular weight excluding hydrogens is 427 g/mol. The summed E-state index contributed by atoms with van der Waals surface area (Å²) >= 11 is 0. The molecule has 2 aromatic heterocycles. The van der Waals surface area contributed by atoms with Crippen LogP contribution < -0.4 is 4.90 Å². The van der Waals surface area contributed by atoms with Crippen molar-refractivity contribution >= 4 is 33.4 Å². The topological polar surface area (TPSA) is 52.2 Å². The lowest BCUT2D eigenvalue weighted by Crippen LogP contribution is -2.49. The van der Waals surface area contributed by atoms with Gasteiger partial charge in [-0.05, 0) is 36.4 Å². The summed E-state index contributed by atoms with van der Waals surface area (Å²) < 4.78 is 13.3. The highest BCUT2D eigenvalue weighted by molar-refractivity contribution is 6.13. The van der Waals surface area contributed by atoms with Crippen LogP contribution in [0.2, 0.25) is 0 Å². The van der Waals surface area contributed by atoms with Gasteiger partial charge in [0.15, 0.2) is 0 Å². The normalized spacial score (nSPS) is 14.1. The molecule has 0 radical (unpaired) electrons. The standard InChI is InChI=1S/C28H23FN4O/c29-20-10-12-21(13-11-20)32-14-16-33(17-15-32)28(34)25-18-23-22-8-4-5-9-24(22)30-27(23)26(31-25)19-6-2-1-3-7-19/h1-13,18,30H,14-17H2. The van der Waals surface area contributed by atoms with E-state index < -0.39 is 0 Å². The van der Waals surface area contributed by atoms with Gasteiger partial charge >= 0.3 is 0 Å². The number of carbonyl (C=O) groups excluding carboxylic acids is 1. The number of halogens is 1. The molecule has 1 fully saturated rings. The number of benzene rings is 3. The van der Waals surface area contributed by atoms with Gasteiger partial charge in [-0.1, -0.05) is 48.5 Å². The van der Waals surface area contributed by atoms with Gasteiger partial charge in [0.25, 0.3) is 5.91 Å². The quantitative estimate of drug-likeness (QED) is 0.396. The van der Waals surface area contributed by atoms with Gasteiger partial charge in [-0.15, -0.1) is 0 Å². The summed E-state index contributed by atoms with van der Waals surface area (Å²) in [6, 6.07) is 26.5. The monoisotopic (exact) mass is 450 g/mol. The van der Waals surface area contributed by atoms with E-state index >= 15 is 0 Å². The maximum Gasteiger partial charge on any atom is 0.272 e. The van der Waals surface area contributed by atoms with Crippen LogP contribution in [-0.4, -0.2) is 47.0 Å². The van der Waals surface area contributed by atoms with E-state index in [1.54, 1.807) is 12.1 Å². The number of piperazine rings is 1. The highest BCUT2D eigenvalue weighted by atomic mass is 19.1. The number of amides is 1. The third-order valence-corrected chi connectivity index (χ3v) is 6.52. The van der Waals surface area contributed by atoms with E-state index in [9.17, 15) is 9.18 Å². The van der Waals surface area contributed by atoms with Crippen LogP contribution in [0.25, 0.3) is 33.1 Å². The molecule has 0 aliphatic carbocycles. The first kappa shape index (κ1) is 20.4. The van der Waals surface area contributed by atoms with Crippen LogP contribution in [0.3, 0.4) is 0 Å². The molecule has 0 unspecified atom stereocenters. The molecule has 0 saturated carbocycles. The lowest BCUT2D eigenvalue weighted by Gasteiger charge is -2.36. The Morgan fingerprint density at radius 2 is 1.53 bits per heavy atom. The summed E-state index contributed by atoms with van der Waals surface area (Å²) in [5.41, 5.74) is 5.13. The second kappa shape index (κ2) is 8.30. The Bertz CT molecular complexity index is 1490. The summed E-state index contributed by atoms with van der Waals surface area (Å²) in [5, 5.41) is 2.07. The first-order valence-corrected chi connectivity index (χ1v) is 11.4. The molecule has 1 aliphatic rings. The molecule has 3 aromatic carbocycles. The Labute approximate surface area is 196 Å². The van der Waals surface area contributed by atoms with E-state index in [4.69, 9.17) is 4.98 Å². The van der Waals surface area contributed by atoms with E-state index in [0.717, 1.165) is 38.8 Å². The summed E-state index contributed by atoms with van der Waals surface area (Å²) in [6.07, 6.45) is 0. The van der Waals surface area contributed by atoms with Gasteiger partial charge in [0.05, 0.1) is 11.2 Å². The number of nitrogens with one attached hydrogen (secondary N) is 1. The van der Waals surface area contributed by atoms with Crippen LogP contribution >= 0.6 is 0 Å². The van der Waals surface area contributed by atoms with E-state index in [1.165, 1.54) is 12.1 Å². The first-order chi connectivity index (χ1) is 16.7. The number of aromatic amines is 1. The summed E-state index contributed by atoms with van der Waals surface area (Å²) in [7, 11) is 0. The first-order valence-electron chi connectivity index (χ1n) is 11.4. The van der Waals surface area contributed by atoms with E-state index in [-0.39, 0.29) is 11.7 Å². The molecule has 1 aliphatic heterocycles. The van der Waals surface area contributed by atoms with Gasteiger partial charge in [-0.3, -0.25) is 4.79 Å². The summed E-state index contributed by atoms with van der Waals surface area (Å²) in [5.74, 6) is -0.311. The average molecular weight is 451 g/mol. The summed E-state index contributed by atoms with van der Waals surface area (Å²) in [4.78, 5) is 25.9. The highest BCUT2D eigenvalue weighted by Gasteiger charge is 2.25. The molecule has 6 heteroatoms. The minimum Gasteiger partial charge on any atom is -0.368 e. The van der Waals surface area contributed by atoms with Crippen molar-refractivity contribution in [1.82, 2.24) is 14.9 Å². The van der Waals surface area contributed by atoms with Gasteiger partial charge in [-0.25, -0.2) is 9.37 Å². The summed E-state index contributed by atoms with van der Waals surface area (Å²) in [6.45, 7) is 2.56. The molecule has 5 nitrogen and oxygen atoms in total. The van der Waals surface area contributed by atoms with Gasteiger partial charge < -0.3 is 14.8 Å². The van der Waals surface area contributed by atoms with Crippen molar-refractivity contribution < 1.29 is 9.18 Å². The zero-order valence-corrected chi connectivity index (χ0v) is 18.5. The molecule has 1 N–H and O–H groups in total. The number of fused-ring (bicyclic) bond motifs is 3. The van der Waals surface area contributed by atoms with Crippen molar-refractivity contribution in [2.45, 2.75) is 0 Å². The molecule has 1 saturated heterocycles. The fourth-order valence-electron chi connectivity index (χ4n) is 4.74. The number of hydrogen-bond acceptors (Lipinski definition) is 3. The third kappa shape index (κ3) is 3.57. The van der Waals surface area contributed by atoms with Crippen LogP contribution in [0.1, 0.15) is 10.5 Å². The number of H-pyrrole nitrogens is 1. The maximum absolute atomic E-state index is 13.6. The Morgan fingerprint density at radius 3 is 2.29 bits per heavy atom. The molecule has 168 valence electrons. The number of rotatable bonds is 3. The molecule has 0 bridgehead atoms. The maximum atomic E-state index is 13.6. The van der Waals surface area contributed by atoms with E-state index in [0.29, 0.717) is 31.9 Å². The van der Waals surface area contributed by atoms with Crippen molar-refractivity contribution in [3.05, 3.63) is 96.4 Å². The number of anilines is 1. The average Bonchev–Trinajstić information content (AvgIpc) is 3.27. The molecule has 5 aromatic rings. The van der Waals surface area contributed by atoms with Crippen molar-refractivity contribution in [1.29, 1.82) is 0 Å². The van der Waals surface area contributed by atoms with Crippen LogP contribution in [0.15, 0.2) is 84.9 Å². The van der Waals surface area contributed by atoms with Crippen LogP contribution in [-0.2, 0) is 0 Å². The fourth-order valence-corrected chi connectivity index (χ4v) is 4.74. The van der Waals surface area contributed by atoms with E-state index in [2.05, 4.69) is 16.0 Å². The molecular formula is C28H23FN4O. The molecule has 1 amide bonds. The van der Waals surface area contributed by atoms with Gasteiger partial charge in [0.2, 0.25) is 0 Å². The number of para-hydroxylation sites is 1. The lowest BCUT2D eigenvalue weighted by atomic mass is 10.1. The zero-order valence-electron chi connectivity index (χ0n) is 18.5. The van der Waals surface area contributed by atoms with Crippen LogP contribution in [0, 0.1) is 5.82 Å². The van der Waals surface area contributed by atoms with E-state index in [1.807, 2.05) is 59.5 Å². The molecule has 0 spiro atoms. The predicted molar refractivity (Wildman–Crippen MR) is 134 cm³/mol.